The van der Waals surface area contributed by atoms with Gasteiger partial charge in [-0.1, -0.05) is 29.8 Å². The van der Waals surface area contributed by atoms with Gasteiger partial charge in [-0.2, -0.15) is 0 Å². The van der Waals surface area contributed by atoms with E-state index < -0.39 is 0 Å². The first-order valence-electron chi connectivity index (χ1n) is 6.70. The Kier molecular flexibility index (Phi) is 8.34. The number of thioether (sulfide) groups is 1. The molecule has 0 atom stereocenters. The molecule has 1 N–H and O–H groups in total. The Balaban J connectivity index is 2.05. The van der Waals surface area contributed by atoms with E-state index in [1.54, 1.807) is 11.8 Å². The third-order valence-electron chi connectivity index (χ3n) is 2.61. The van der Waals surface area contributed by atoms with Crippen LogP contribution in [0, 0.1) is 6.92 Å². The minimum atomic E-state index is 0.105. The minimum Gasteiger partial charge on any atom is -0.382 e. The van der Waals surface area contributed by atoms with Crippen LogP contribution in [-0.4, -0.2) is 31.4 Å². The van der Waals surface area contributed by atoms with Crippen LogP contribution in [-0.2, 0) is 15.3 Å². The number of carbonyl (C=O) groups excluding carboxylic acids is 1. The third-order valence-corrected chi connectivity index (χ3v) is 3.62. The minimum absolute atomic E-state index is 0.105. The largest absolute Gasteiger partial charge is 0.382 e. The van der Waals surface area contributed by atoms with Crippen molar-refractivity contribution in [2.45, 2.75) is 26.0 Å². The normalized spacial score (nSPS) is 10.4. The lowest BCUT2D eigenvalue weighted by Gasteiger charge is -2.05. The fraction of sp³-hybridized carbons (Fsp3) is 0.533. The zero-order valence-electron chi connectivity index (χ0n) is 11.8. The highest BCUT2D eigenvalue weighted by molar-refractivity contribution is 7.99. The van der Waals surface area contributed by atoms with Gasteiger partial charge in [-0.3, -0.25) is 4.79 Å². The quantitative estimate of drug-likeness (QED) is 0.707. The second-order valence-electron chi connectivity index (χ2n) is 4.38. The summed E-state index contributed by atoms with van der Waals surface area (Å²) in [5.41, 5.74) is 2.53. The molecule has 1 aromatic rings. The summed E-state index contributed by atoms with van der Waals surface area (Å²) < 4.78 is 5.21. The standard InChI is InChI=1S/C15H23NO2S/c1-3-18-10-4-9-16-15(17)12-19-11-14-7-5-13(2)6-8-14/h5-8H,3-4,9-12H2,1-2H3,(H,16,17). The van der Waals surface area contributed by atoms with Gasteiger partial charge in [0.1, 0.15) is 0 Å². The molecule has 0 fully saturated rings. The summed E-state index contributed by atoms with van der Waals surface area (Å²) in [6.45, 7) is 6.20. The zero-order valence-corrected chi connectivity index (χ0v) is 12.6. The Bertz CT molecular complexity index is 365. The van der Waals surface area contributed by atoms with E-state index in [-0.39, 0.29) is 5.91 Å². The maximum absolute atomic E-state index is 11.5. The van der Waals surface area contributed by atoms with Crippen molar-refractivity contribution in [1.29, 1.82) is 0 Å². The summed E-state index contributed by atoms with van der Waals surface area (Å²) in [6, 6.07) is 8.43. The molecule has 0 unspecified atom stereocenters. The molecule has 0 saturated carbocycles. The van der Waals surface area contributed by atoms with Crippen LogP contribution < -0.4 is 5.32 Å². The molecule has 0 aliphatic heterocycles. The second-order valence-corrected chi connectivity index (χ2v) is 5.36. The molecule has 1 aromatic carbocycles. The van der Waals surface area contributed by atoms with Crippen LogP contribution in [0.1, 0.15) is 24.5 Å². The smallest absolute Gasteiger partial charge is 0.230 e. The van der Waals surface area contributed by atoms with E-state index in [1.807, 2.05) is 6.92 Å². The summed E-state index contributed by atoms with van der Waals surface area (Å²) in [5.74, 6) is 1.50. The van der Waals surface area contributed by atoms with Crippen LogP contribution >= 0.6 is 11.8 Å². The first-order valence-corrected chi connectivity index (χ1v) is 7.85. The molecule has 0 radical (unpaired) electrons. The van der Waals surface area contributed by atoms with Crippen LogP contribution in [0.3, 0.4) is 0 Å². The van der Waals surface area contributed by atoms with Gasteiger partial charge in [-0.25, -0.2) is 0 Å². The van der Waals surface area contributed by atoms with E-state index in [0.717, 1.165) is 18.8 Å². The Morgan fingerprint density at radius 1 is 1.32 bits per heavy atom. The van der Waals surface area contributed by atoms with Gasteiger partial charge in [-0.05, 0) is 25.8 Å². The molecule has 0 saturated heterocycles. The number of rotatable bonds is 9. The maximum atomic E-state index is 11.5. The van der Waals surface area contributed by atoms with Crippen molar-refractivity contribution >= 4 is 17.7 Å². The first kappa shape index (κ1) is 16.1. The summed E-state index contributed by atoms with van der Waals surface area (Å²) in [7, 11) is 0. The van der Waals surface area contributed by atoms with Crippen molar-refractivity contribution < 1.29 is 9.53 Å². The van der Waals surface area contributed by atoms with Crippen molar-refractivity contribution in [1.82, 2.24) is 5.32 Å². The predicted octanol–water partition coefficient (Wildman–Crippen LogP) is 2.77. The first-order chi connectivity index (χ1) is 9.22. The summed E-state index contributed by atoms with van der Waals surface area (Å²) in [5, 5.41) is 2.90. The lowest BCUT2D eigenvalue weighted by atomic mass is 10.2. The maximum Gasteiger partial charge on any atom is 0.230 e. The molecule has 4 heteroatoms. The summed E-state index contributed by atoms with van der Waals surface area (Å²) in [6.07, 6.45) is 0.877. The van der Waals surface area contributed by atoms with Gasteiger partial charge in [0.05, 0.1) is 5.75 Å². The van der Waals surface area contributed by atoms with Gasteiger partial charge in [0.2, 0.25) is 5.91 Å². The lowest BCUT2D eigenvalue weighted by Crippen LogP contribution is -2.26. The van der Waals surface area contributed by atoms with Crippen molar-refractivity contribution in [3.05, 3.63) is 35.4 Å². The molecule has 0 bridgehead atoms. The van der Waals surface area contributed by atoms with E-state index >= 15 is 0 Å². The average Bonchev–Trinajstić information content (AvgIpc) is 2.41. The highest BCUT2D eigenvalue weighted by atomic mass is 32.2. The highest BCUT2D eigenvalue weighted by Gasteiger charge is 2.01. The van der Waals surface area contributed by atoms with Crippen LogP contribution in [0.4, 0.5) is 0 Å². The number of amides is 1. The number of nitrogens with one attached hydrogen (secondary N) is 1. The molecule has 106 valence electrons. The summed E-state index contributed by atoms with van der Waals surface area (Å²) >= 11 is 1.65. The van der Waals surface area contributed by atoms with Crippen molar-refractivity contribution in [2.24, 2.45) is 0 Å². The van der Waals surface area contributed by atoms with E-state index in [2.05, 4.69) is 36.5 Å². The van der Waals surface area contributed by atoms with Crippen LogP contribution in [0.5, 0.6) is 0 Å². The highest BCUT2D eigenvalue weighted by Crippen LogP contribution is 2.12. The summed E-state index contributed by atoms with van der Waals surface area (Å²) in [4.78, 5) is 11.5. The Morgan fingerprint density at radius 2 is 2.05 bits per heavy atom. The second kappa shape index (κ2) is 9.87. The molecule has 1 rings (SSSR count). The van der Waals surface area contributed by atoms with Gasteiger partial charge < -0.3 is 10.1 Å². The number of ether oxygens (including phenoxy) is 1. The molecular weight excluding hydrogens is 258 g/mol. The monoisotopic (exact) mass is 281 g/mol. The third kappa shape index (κ3) is 7.90. The average molecular weight is 281 g/mol. The Hall–Kier alpha value is -1.00. The van der Waals surface area contributed by atoms with Gasteiger partial charge >= 0.3 is 0 Å². The fourth-order valence-corrected chi connectivity index (χ4v) is 2.36. The van der Waals surface area contributed by atoms with Gasteiger partial charge in [0.25, 0.3) is 0 Å². The SMILES string of the molecule is CCOCCCNC(=O)CSCc1ccc(C)cc1. The number of hydrogen-bond acceptors (Lipinski definition) is 3. The van der Waals surface area contributed by atoms with E-state index in [4.69, 9.17) is 4.74 Å². The molecule has 1 amide bonds. The van der Waals surface area contributed by atoms with Gasteiger partial charge in [-0.15, -0.1) is 11.8 Å². The van der Waals surface area contributed by atoms with Crippen LogP contribution in [0.25, 0.3) is 0 Å². The van der Waals surface area contributed by atoms with Crippen molar-refractivity contribution in [3.63, 3.8) is 0 Å². The molecular formula is C15H23NO2S. The number of hydrogen-bond donors (Lipinski definition) is 1. The molecule has 0 aliphatic carbocycles. The molecule has 19 heavy (non-hydrogen) atoms. The topological polar surface area (TPSA) is 38.3 Å². The number of aryl methyl sites for hydroxylation is 1. The zero-order chi connectivity index (χ0) is 13.9. The van der Waals surface area contributed by atoms with Crippen LogP contribution in [0.2, 0.25) is 0 Å². The number of carbonyl (C=O) groups is 1. The fourth-order valence-electron chi connectivity index (χ4n) is 1.54. The van der Waals surface area contributed by atoms with E-state index in [9.17, 15) is 4.79 Å². The van der Waals surface area contributed by atoms with E-state index in [0.29, 0.717) is 18.9 Å². The van der Waals surface area contributed by atoms with Gasteiger partial charge in [0, 0.05) is 25.5 Å². The number of benzene rings is 1. The molecule has 3 nitrogen and oxygen atoms in total. The molecule has 0 heterocycles. The van der Waals surface area contributed by atoms with E-state index in [1.165, 1.54) is 11.1 Å². The van der Waals surface area contributed by atoms with Crippen molar-refractivity contribution in [3.8, 4) is 0 Å². The molecule has 0 aromatic heterocycles. The Morgan fingerprint density at radius 3 is 2.74 bits per heavy atom. The Labute approximate surface area is 120 Å². The van der Waals surface area contributed by atoms with Crippen LogP contribution in [0.15, 0.2) is 24.3 Å². The van der Waals surface area contributed by atoms with Gasteiger partial charge in [0.15, 0.2) is 0 Å². The van der Waals surface area contributed by atoms with Crippen molar-refractivity contribution in [2.75, 3.05) is 25.5 Å². The molecule has 0 aliphatic rings. The lowest BCUT2D eigenvalue weighted by molar-refractivity contribution is -0.118. The molecule has 0 spiro atoms. The predicted molar refractivity (Wildman–Crippen MR) is 81.5 cm³/mol.